The fourth-order valence-electron chi connectivity index (χ4n) is 3.56. The summed E-state index contributed by atoms with van der Waals surface area (Å²) in [4.78, 5) is 57.0. The standard InChI is InChI=1S/C24H18ClFN4O4/c1-14-10-18(7-8-19(14)25)29-21(31)12-20(24(29)34)30(23(33)15-4-2-6-17(26)11-15)28-22(32)16-5-3-9-27-13-16/h2-11,13,20H,12H2,1H3,(H,28,32). The molecule has 0 saturated carbocycles. The second kappa shape index (κ2) is 9.40. The van der Waals surface area contributed by atoms with Gasteiger partial charge < -0.3 is 0 Å². The third kappa shape index (κ3) is 4.51. The monoisotopic (exact) mass is 480 g/mol. The van der Waals surface area contributed by atoms with Crippen molar-refractivity contribution >= 4 is 40.9 Å². The number of nitrogens with one attached hydrogen (secondary N) is 1. The van der Waals surface area contributed by atoms with Crippen molar-refractivity contribution in [2.45, 2.75) is 19.4 Å². The number of carbonyl (C=O) groups is 4. The van der Waals surface area contributed by atoms with Crippen molar-refractivity contribution in [3.8, 4) is 0 Å². The number of hydrazine groups is 1. The number of hydrogen-bond donors (Lipinski definition) is 1. The minimum absolute atomic E-state index is 0.104. The van der Waals surface area contributed by atoms with E-state index in [1.807, 2.05) is 0 Å². The molecule has 4 amide bonds. The van der Waals surface area contributed by atoms with E-state index in [0.717, 1.165) is 22.0 Å². The quantitative estimate of drug-likeness (QED) is 0.456. The number of benzene rings is 2. The summed E-state index contributed by atoms with van der Waals surface area (Å²) < 4.78 is 13.8. The molecule has 34 heavy (non-hydrogen) atoms. The van der Waals surface area contributed by atoms with Crippen LogP contribution in [0.4, 0.5) is 10.1 Å². The largest absolute Gasteiger partial charge is 0.274 e. The van der Waals surface area contributed by atoms with E-state index in [4.69, 9.17) is 11.6 Å². The van der Waals surface area contributed by atoms with Crippen molar-refractivity contribution in [1.82, 2.24) is 15.4 Å². The highest BCUT2D eigenvalue weighted by Crippen LogP contribution is 2.29. The van der Waals surface area contributed by atoms with Crippen LogP contribution in [0.25, 0.3) is 0 Å². The Morgan fingerprint density at radius 3 is 2.56 bits per heavy atom. The number of aryl methyl sites for hydroxylation is 1. The number of aromatic nitrogens is 1. The SMILES string of the molecule is Cc1cc(N2C(=O)CC(N(NC(=O)c3cccnc3)C(=O)c3cccc(F)c3)C2=O)ccc1Cl. The fourth-order valence-corrected chi connectivity index (χ4v) is 3.68. The first-order valence-corrected chi connectivity index (χ1v) is 10.6. The van der Waals surface area contributed by atoms with Gasteiger partial charge >= 0.3 is 0 Å². The molecular weight excluding hydrogens is 463 g/mol. The topological polar surface area (TPSA) is 99.7 Å². The Bertz CT molecular complexity index is 1300. The van der Waals surface area contributed by atoms with Gasteiger partial charge in [-0.1, -0.05) is 17.7 Å². The summed E-state index contributed by atoms with van der Waals surface area (Å²) in [6.07, 6.45) is 2.37. The van der Waals surface area contributed by atoms with Gasteiger partial charge in [0.2, 0.25) is 5.91 Å². The number of pyridine rings is 1. The molecule has 1 fully saturated rings. The van der Waals surface area contributed by atoms with Crippen LogP contribution in [0.1, 0.15) is 32.7 Å². The number of hydrogen-bond acceptors (Lipinski definition) is 5. The molecule has 1 N–H and O–H groups in total. The Morgan fingerprint density at radius 1 is 1.12 bits per heavy atom. The van der Waals surface area contributed by atoms with E-state index in [0.29, 0.717) is 10.6 Å². The van der Waals surface area contributed by atoms with E-state index in [1.54, 1.807) is 19.1 Å². The maximum absolute atomic E-state index is 13.8. The minimum atomic E-state index is -1.35. The second-order valence-electron chi connectivity index (χ2n) is 7.59. The molecule has 2 heterocycles. The van der Waals surface area contributed by atoms with Crippen molar-refractivity contribution in [1.29, 1.82) is 0 Å². The third-order valence-corrected chi connectivity index (χ3v) is 5.69. The van der Waals surface area contributed by atoms with Gasteiger partial charge in [-0.2, -0.15) is 0 Å². The molecule has 0 spiro atoms. The van der Waals surface area contributed by atoms with Gasteiger partial charge in [-0.25, -0.2) is 14.3 Å². The zero-order valence-corrected chi connectivity index (χ0v) is 18.6. The van der Waals surface area contributed by atoms with Crippen LogP contribution in [0.15, 0.2) is 67.0 Å². The average molecular weight is 481 g/mol. The Kier molecular flexibility index (Phi) is 6.38. The lowest BCUT2D eigenvalue weighted by Gasteiger charge is -2.28. The first-order valence-electron chi connectivity index (χ1n) is 10.2. The number of halogens is 2. The van der Waals surface area contributed by atoms with Crippen LogP contribution < -0.4 is 10.3 Å². The summed E-state index contributed by atoms with van der Waals surface area (Å²) in [6.45, 7) is 1.72. The molecule has 1 unspecified atom stereocenters. The van der Waals surface area contributed by atoms with Crippen LogP contribution in [-0.4, -0.2) is 39.7 Å². The number of imide groups is 1. The molecule has 8 nitrogen and oxygen atoms in total. The molecule has 1 saturated heterocycles. The van der Waals surface area contributed by atoms with E-state index < -0.39 is 35.5 Å². The van der Waals surface area contributed by atoms with Crippen LogP contribution in [0, 0.1) is 12.7 Å². The summed E-state index contributed by atoms with van der Waals surface area (Å²) in [5.41, 5.74) is 3.36. The smallest absolute Gasteiger partial charge is 0.273 e. The van der Waals surface area contributed by atoms with E-state index in [2.05, 4.69) is 10.4 Å². The van der Waals surface area contributed by atoms with Crippen LogP contribution in [0.5, 0.6) is 0 Å². The molecule has 4 rings (SSSR count). The van der Waals surface area contributed by atoms with Crippen molar-refractivity contribution in [2.75, 3.05) is 4.90 Å². The van der Waals surface area contributed by atoms with Gasteiger partial charge in [-0.05, 0) is 61.0 Å². The maximum atomic E-state index is 13.8. The molecule has 1 aliphatic rings. The number of anilines is 1. The molecular formula is C24H18ClFN4O4. The van der Waals surface area contributed by atoms with Crippen LogP contribution >= 0.6 is 11.6 Å². The summed E-state index contributed by atoms with van der Waals surface area (Å²) in [7, 11) is 0. The normalized spacial score (nSPS) is 15.4. The van der Waals surface area contributed by atoms with Crippen molar-refractivity contribution < 1.29 is 23.6 Å². The van der Waals surface area contributed by atoms with Gasteiger partial charge in [0.25, 0.3) is 17.7 Å². The Labute approximate surface area is 198 Å². The van der Waals surface area contributed by atoms with Crippen molar-refractivity contribution in [3.63, 3.8) is 0 Å². The first kappa shape index (κ1) is 23.1. The summed E-state index contributed by atoms with van der Waals surface area (Å²) in [6, 6.07) is 11.1. The number of amides is 4. The van der Waals surface area contributed by atoms with Gasteiger partial charge in [0.1, 0.15) is 11.9 Å². The van der Waals surface area contributed by atoms with Crippen molar-refractivity contribution in [2.24, 2.45) is 0 Å². The lowest BCUT2D eigenvalue weighted by Crippen LogP contribution is -2.54. The zero-order valence-electron chi connectivity index (χ0n) is 17.9. The number of nitrogens with zero attached hydrogens (tertiary/aromatic N) is 3. The molecule has 0 aliphatic carbocycles. The Balaban J connectivity index is 1.69. The Hall–Kier alpha value is -4.11. The highest BCUT2D eigenvalue weighted by Gasteiger charge is 2.45. The van der Waals surface area contributed by atoms with Gasteiger partial charge in [0, 0.05) is 23.0 Å². The minimum Gasteiger partial charge on any atom is -0.274 e. The van der Waals surface area contributed by atoms with E-state index in [-0.39, 0.29) is 23.2 Å². The highest BCUT2D eigenvalue weighted by atomic mass is 35.5. The molecule has 3 aromatic rings. The molecule has 2 aromatic carbocycles. The molecule has 1 atom stereocenters. The van der Waals surface area contributed by atoms with Gasteiger partial charge in [0.15, 0.2) is 0 Å². The van der Waals surface area contributed by atoms with Crippen LogP contribution in [0.3, 0.4) is 0 Å². The van der Waals surface area contributed by atoms with Gasteiger partial charge in [-0.15, -0.1) is 0 Å². The number of carbonyl (C=O) groups excluding carboxylic acids is 4. The van der Waals surface area contributed by atoms with Crippen LogP contribution in [0.2, 0.25) is 5.02 Å². The molecule has 172 valence electrons. The molecule has 10 heteroatoms. The zero-order chi connectivity index (χ0) is 24.4. The molecule has 0 bridgehead atoms. The van der Waals surface area contributed by atoms with E-state index in [9.17, 15) is 23.6 Å². The van der Waals surface area contributed by atoms with Crippen molar-refractivity contribution in [3.05, 3.63) is 94.5 Å². The fraction of sp³-hybridized carbons (Fsp3) is 0.125. The predicted octanol–water partition coefficient (Wildman–Crippen LogP) is 3.30. The lowest BCUT2D eigenvalue weighted by molar-refractivity contribution is -0.122. The second-order valence-corrected chi connectivity index (χ2v) is 8.00. The lowest BCUT2D eigenvalue weighted by atomic mass is 10.1. The van der Waals surface area contributed by atoms with E-state index in [1.165, 1.54) is 42.7 Å². The number of rotatable bonds is 4. The predicted molar refractivity (Wildman–Crippen MR) is 121 cm³/mol. The highest BCUT2D eigenvalue weighted by molar-refractivity contribution is 6.31. The Morgan fingerprint density at radius 2 is 1.88 bits per heavy atom. The third-order valence-electron chi connectivity index (χ3n) is 5.27. The van der Waals surface area contributed by atoms with Gasteiger partial charge in [-0.3, -0.25) is 29.6 Å². The van der Waals surface area contributed by atoms with E-state index >= 15 is 0 Å². The molecule has 0 radical (unpaired) electrons. The van der Waals surface area contributed by atoms with Gasteiger partial charge in [0.05, 0.1) is 17.7 Å². The van der Waals surface area contributed by atoms with Crippen LogP contribution in [-0.2, 0) is 9.59 Å². The molecule has 1 aliphatic heterocycles. The first-order chi connectivity index (χ1) is 16.3. The maximum Gasteiger partial charge on any atom is 0.273 e. The summed E-state index contributed by atoms with van der Waals surface area (Å²) in [5.74, 6) is -3.53. The average Bonchev–Trinajstić information content (AvgIpc) is 3.12. The summed E-state index contributed by atoms with van der Waals surface area (Å²) >= 11 is 6.05. The molecule has 1 aromatic heterocycles. The summed E-state index contributed by atoms with van der Waals surface area (Å²) in [5, 5.41) is 1.23.